The van der Waals surface area contributed by atoms with E-state index < -0.39 is 12.1 Å². The molecule has 20 heavy (non-hydrogen) atoms. The van der Waals surface area contributed by atoms with Crippen LogP contribution in [0.4, 0.5) is 4.79 Å². The van der Waals surface area contributed by atoms with Crippen molar-refractivity contribution in [3.8, 4) is 0 Å². The minimum Gasteiger partial charge on any atom is -0.479 e. The summed E-state index contributed by atoms with van der Waals surface area (Å²) in [4.78, 5) is 26.4. The van der Waals surface area contributed by atoms with Gasteiger partial charge in [0.05, 0.1) is 18.3 Å². The van der Waals surface area contributed by atoms with E-state index in [-0.39, 0.29) is 12.1 Å². The summed E-state index contributed by atoms with van der Waals surface area (Å²) in [6.45, 7) is 0.647. The molecule has 3 N–H and O–H groups in total. The average molecular weight is 279 g/mol. The molecule has 0 saturated carbocycles. The van der Waals surface area contributed by atoms with Crippen molar-refractivity contribution in [2.24, 2.45) is 0 Å². The molecule has 1 saturated heterocycles. The molecule has 1 aromatic heterocycles. The van der Waals surface area contributed by atoms with Crippen molar-refractivity contribution >= 4 is 12.0 Å². The van der Waals surface area contributed by atoms with Crippen LogP contribution in [0.1, 0.15) is 18.5 Å². The first kappa shape index (κ1) is 14.3. The predicted molar refractivity (Wildman–Crippen MR) is 70.0 cm³/mol. The summed E-state index contributed by atoms with van der Waals surface area (Å²) in [5.74, 6) is -0.952. The number of urea groups is 1. The van der Waals surface area contributed by atoms with Gasteiger partial charge in [0, 0.05) is 12.7 Å². The van der Waals surface area contributed by atoms with Gasteiger partial charge in [0.1, 0.15) is 0 Å². The fourth-order valence-electron chi connectivity index (χ4n) is 1.98. The Balaban J connectivity index is 1.65. The van der Waals surface area contributed by atoms with Gasteiger partial charge in [-0.3, -0.25) is 4.98 Å². The summed E-state index contributed by atoms with van der Waals surface area (Å²) in [5.41, 5.74) is 0.769. The fraction of sp³-hybridized carbons (Fsp3) is 0.462. The summed E-state index contributed by atoms with van der Waals surface area (Å²) in [6, 6.07) is 5.15. The van der Waals surface area contributed by atoms with Crippen LogP contribution < -0.4 is 10.6 Å². The monoisotopic (exact) mass is 279 g/mol. The molecule has 2 rings (SSSR count). The largest absolute Gasteiger partial charge is 0.479 e. The second-order valence-electron chi connectivity index (χ2n) is 4.55. The number of carboxylic acids is 1. The Morgan fingerprint density at radius 3 is 2.85 bits per heavy atom. The standard InChI is InChI=1S/C13H17N3O4/c17-12(18)11-5-4-10(20-11)8-16-13(19)15-7-9-3-1-2-6-14-9/h1-3,6,10-11H,4-5,7-8H2,(H,17,18)(H2,15,16,19). The number of carboxylic acid groups (broad SMARTS) is 1. The second-order valence-corrected chi connectivity index (χ2v) is 4.55. The van der Waals surface area contributed by atoms with Crippen LogP contribution >= 0.6 is 0 Å². The molecule has 7 nitrogen and oxygen atoms in total. The van der Waals surface area contributed by atoms with Crippen molar-refractivity contribution < 1.29 is 19.4 Å². The quantitative estimate of drug-likeness (QED) is 0.729. The molecule has 1 fully saturated rings. The highest BCUT2D eigenvalue weighted by Crippen LogP contribution is 2.19. The Morgan fingerprint density at radius 2 is 2.20 bits per heavy atom. The highest BCUT2D eigenvalue weighted by molar-refractivity contribution is 5.74. The van der Waals surface area contributed by atoms with Crippen molar-refractivity contribution in [1.29, 1.82) is 0 Å². The summed E-state index contributed by atoms with van der Waals surface area (Å²) >= 11 is 0. The highest BCUT2D eigenvalue weighted by Gasteiger charge is 2.30. The number of hydrogen-bond acceptors (Lipinski definition) is 4. The highest BCUT2D eigenvalue weighted by atomic mass is 16.5. The molecule has 0 radical (unpaired) electrons. The van der Waals surface area contributed by atoms with Crippen LogP contribution in [-0.2, 0) is 16.1 Å². The van der Waals surface area contributed by atoms with E-state index in [1.807, 2.05) is 12.1 Å². The van der Waals surface area contributed by atoms with Crippen LogP contribution in [-0.4, -0.2) is 40.8 Å². The first-order valence-electron chi connectivity index (χ1n) is 6.45. The van der Waals surface area contributed by atoms with E-state index >= 15 is 0 Å². The van der Waals surface area contributed by atoms with Crippen LogP contribution in [0.25, 0.3) is 0 Å². The van der Waals surface area contributed by atoms with E-state index in [4.69, 9.17) is 9.84 Å². The number of rotatable bonds is 5. The van der Waals surface area contributed by atoms with Gasteiger partial charge >= 0.3 is 12.0 Å². The Morgan fingerprint density at radius 1 is 1.35 bits per heavy atom. The number of amides is 2. The van der Waals surface area contributed by atoms with Gasteiger partial charge in [-0.25, -0.2) is 9.59 Å². The van der Waals surface area contributed by atoms with Crippen molar-refractivity contribution in [3.63, 3.8) is 0 Å². The minimum absolute atomic E-state index is 0.239. The molecule has 0 aromatic carbocycles. The van der Waals surface area contributed by atoms with Gasteiger partial charge in [0.2, 0.25) is 0 Å². The van der Waals surface area contributed by atoms with E-state index in [0.29, 0.717) is 25.9 Å². The molecule has 2 unspecified atom stereocenters. The van der Waals surface area contributed by atoms with E-state index in [9.17, 15) is 9.59 Å². The van der Waals surface area contributed by atoms with Gasteiger partial charge < -0.3 is 20.5 Å². The van der Waals surface area contributed by atoms with Crippen LogP contribution in [0.2, 0.25) is 0 Å². The van der Waals surface area contributed by atoms with E-state index in [2.05, 4.69) is 15.6 Å². The fourth-order valence-corrected chi connectivity index (χ4v) is 1.98. The molecule has 7 heteroatoms. The SMILES string of the molecule is O=C(NCc1ccccn1)NCC1CCC(C(=O)O)O1. The van der Waals surface area contributed by atoms with Crippen molar-refractivity contribution in [2.75, 3.05) is 6.54 Å². The molecule has 1 aliphatic rings. The molecule has 2 heterocycles. The molecular formula is C13H17N3O4. The first-order chi connectivity index (χ1) is 9.65. The molecule has 1 aromatic rings. The lowest BCUT2D eigenvalue weighted by molar-refractivity contribution is -0.149. The lowest BCUT2D eigenvalue weighted by Gasteiger charge is -2.12. The number of carbonyl (C=O) groups excluding carboxylic acids is 1. The van der Waals surface area contributed by atoms with Gasteiger partial charge in [0.25, 0.3) is 0 Å². The Kier molecular flexibility index (Phi) is 4.89. The first-order valence-corrected chi connectivity index (χ1v) is 6.45. The maximum atomic E-state index is 11.6. The molecule has 1 aliphatic heterocycles. The number of aromatic nitrogens is 1. The maximum absolute atomic E-state index is 11.6. The summed E-state index contributed by atoms with van der Waals surface area (Å²) in [7, 11) is 0. The van der Waals surface area contributed by atoms with Crippen LogP contribution in [0.3, 0.4) is 0 Å². The van der Waals surface area contributed by atoms with E-state index in [0.717, 1.165) is 5.69 Å². The second kappa shape index (κ2) is 6.85. The zero-order valence-electron chi connectivity index (χ0n) is 10.9. The van der Waals surface area contributed by atoms with Crippen molar-refractivity contribution in [2.45, 2.75) is 31.6 Å². The zero-order valence-corrected chi connectivity index (χ0v) is 10.9. The third-order valence-electron chi connectivity index (χ3n) is 3.03. The van der Waals surface area contributed by atoms with E-state index in [1.54, 1.807) is 12.3 Å². The molecule has 2 amide bonds. The van der Waals surface area contributed by atoms with Crippen molar-refractivity contribution in [3.05, 3.63) is 30.1 Å². The van der Waals surface area contributed by atoms with Crippen LogP contribution in [0.5, 0.6) is 0 Å². The number of hydrogen-bond donors (Lipinski definition) is 3. The predicted octanol–water partition coefficient (Wildman–Crippen LogP) is 0.513. The zero-order chi connectivity index (χ0) is 14.4. The van der Waals surface area contributed by atoms with Gasteiger partial charge in [-0.15, -0.1) is 0 Å². The summed E-state index contributed by atoms with van der Waals surface area (Å²) in [6.07, 6.45) is 1.79. The topological polar surface area (TPSA) is 101 Å². The lowest BCUT2D eigenvalue weighted by Crippen LogP contribution is -2.39. The molecule has 0 spiro atoms. The van der Waals surface area contributed by atoms with Crippen LogP contribution in [0, 0.1) is 0 Å². The average Bonchev–Trinajstić information content (AvgIpc) is 2.93. The Labute approximate surface area is 116 Å². The van der Waals surface area contributed by atoms with Gasteiger partial charge in [0.15, 0.2) is 6.10 Å². The minimum atomic E-state index is -0.952. The number of pyridine rings is 1. The van der Waals surface area contributed by atoms with E-state index in [1.165, 1.54) is 0 Å². The lowest BCUT2D eigenvalue weighted by atomic mass is 10.2. The third kappa shape index (κ3) is 4.20. The third-order valence-corrected chi connectivity index (χ3v) is 3.03. The molecular weight excluding hydrogens is 262 g/mol. The van der Waals surface area contributed by atoms with Gasteiger partial charge in [-0.2, -0.15) is 0 Å². The van der Waals surface area contributed by atoms with Crippen LogP contribution in [0.15, 0.2) is 24.4 Å². The molecule has 108 valence electrons. The van der Waals surface area contributed by atoms with Gasteiger partial charge in [-0.1, -0.05) is 6.07 Å². The number of carbonyl (C=O) groups is 2. The Bertz CT molecular complexity index is 466. The number of ether oxygens (including phenoxy) is 1. The maximum Gasteiger partial charge on any atom is 0.332 e. The molecule has 2 atom stereocenters. The number of aliphatic carboxylic acids is 1. The normalized spacial score (nSPS) is 21.4. The number of nitrogens with zero attached hydrogens (tertiary/aromatic N) is 1. The van der Waals surface area contributed by atoms with Crippen molar-refractivity contribution in [1.82, 2.24) is 15.6 Å². The summed E-state index contributed by atoms with van der Waals surface area (Å²) < 4.78 is 5.28. The summed E-state index contributed by atoms with van der Waals surface area (Å²) in [5, 5.41) is 14.1. The Hall–Kier alpha value is -2.15. The smallest absolute Gasteiger partial charge is 0.332 e. The van der Waals surface area contributed by atoms with Gasteiger partial charge in [-0.05, 0) is 25.0 Å². The molecule has 0 aliphatic carbocycles. The number of nitrogens with one attached hydrogen (secondary N) is 2. The molecule has 0 bridgehead atoms.